The van der Waals surface area contributed by atoms with Crippen molar-refractivity contribution in [2.75, 3.05) is 0 Å². The molecule has 1 saturated carbocycles. The number of nitrogens with zero attached hydrogens (tertiary/aromatic N) is 1. The van der Waals surface area contributed by atoms with Crippen molar-refractivity contribution in [3.05, 3.63) is 0 Å². The molecule has 2 N–H and O–H groups in total. The van der Waals surface area contributed by atoms with Gasteiger partial charge < -0.3 is 0 Å². The van der Waals surface area contributed by atoms with Crippen LogP contribution in [0.2, 0.25) is 4.82 Å². The van der Waals surface area contributed by atoms with E-state index in [4.69, 9.17) is 5.73 Å². The zero-order valence-electron chi connectivity index (χ0n) is 5.92. The van der Waals surface area contributed by atoms with Crippen LogP contribution in [0.15, 0.2) is 4.99 Å². The van der Waals surface area contributed by atoms with Gasteiger partial charge in [0.25, 0.3) is 0 Å². The minimum atomic E-state index is 0.547. The van der Waals surface area contributed by atoms with Crippen LogP contribution in [-0.4, -0.2) is 25.7 Å². The van der Waals surface area contributed by atoms with Gasteiger partial charge in [-0.15, -0.1) is 0 Å². The summed E-state index contributed by atoms with van der Waals surface area (Å²) in [6.45, 7) is 0. The number of aliphatic imine (C=N–C) groups is 1. The number of hydrogen-bond acceptors (Lipinski definition) is 2. The van der Waals surface area contributed by atoms with Crippen molar-refractivity contribution in [3.8, 4) is 0 Å². The van der Waals surface area contributed by atoms with Crippen molar-refractivity contribution >= 4 is 19.7 Å². The standard InChI is InChI=1S/C7H12N2Se/c8-7-9-5-3-1-2-4-6(5)10-7/h5-6H,1-4H2,(H2,8,9)/t5-,6-/m0/s1. The Bertz CT molecular complexity index is 167. The van der Waals surface area contributed by atoms with Gasteiger partial charge in [0.15, 0.2) is 0 Å². The molecule has 1 aliphatic carbocycles. The third-order valence-corrected chi connectivity index (χ3v) is 4.75. The fourth-order valence-corrected chi connectivity index (χ4v) is 4.11. The van der Waals surface area contributed by atoms with Crippen molar-refractivity contribution in [3.63, 3.8) is 0 Å². The fourth-order valence-electron chi connectivity index (χ4n) is 1.71. The molecule has 0 radical (unpaired) electrons. The van der Waals surface area contributed by atoms with Crippen LogP contribution < -0.4 is 5.73 Å². The average Bonchev–Trinajstić information content (AvgIpc) is 2.27. The van der Waals surface area contributed by atoms with E-state index in [9.17, 15) is 0 Å². The van der Waals surface area contributed by atoms with Crippen molar-refractivity contribution in [1.82, 2.24) is 0 Å². The zero-order chi connectivity index (χ0) is 6.97. The number of amidine groups is 1. The van der Waals surface area contributed by atoms with Crippen LogP contribution >= 0.6 is 0 Å². The van der Waals surface area contributed by atoms with Gasteiger partial charge in [0.05, 0.1) is 0 Å². The van der Waals surface area contributed by atoms with E-state index in [0.717, 1.165) is 9.55 Å². The molecule has 0 saturated heterocycles. The van der Waals surface area contributed by atoms with Gasteiger partial charge in [-0.05, 0) is 0 Å². The molecule has 0 aromatic heterocycles. The summed E-state index contributed by atoms with van der Waals surface area (Å²) >= 11 is 0.547. The molecule has 2 nitrogen and oxygen atoms in total. The maximum absolute atomic E-state index is 5.67. The predicted octanol–water partition coefficient (Wildman–Crippen LogP) is 0.750. The maximum atomic E-state index is 5.67. The predicted molar refractivity (Wildman–Crippen MR) is 43.4 cm³/mol. The Kier molecular flexibility index (Phi) is 1.71. The van der Waals surface area contributed by atoms with E-state index in [1.54, 1.807) is 0 Å². The molecule has 3 heteroatoms. The van der Waals surface area contributed by atoms with Gasteiger partial charge in [-0.25, -0.2) is 0 Å². The molecule has 0 amide bonds. The molecule has 0 unspecified atom stereocenters. The molecular formula is C7H12N2Se. The van der Waals surface area contributed by atoms with Crippen LogP contribution in [0.25, 0.3) is 0 Å². The summed E-state index contributed by atoms with van der Waals surface area (Å²) in [4.78, 5) is 5.31. The third kappa shape index (κ3) is 1.08. The molecule has 0 bridgehead atoms. The van der Waals surface area contributed by atoms with Crippen LogP contribution in [0.1, 0.15) is 25.7 Å². The summed E-state index contributed by atoms with van der Waals surface area (Å²) in [5, 5.41) is 0. The van der Waals surface area contributed by atoms with Gasteiger partial charge in [-0.2, -0.15) is 0 Å². The summed E-state index contributed by atoms with van der Waals surface area (Å²) in [5.41, 5.74) is 5.67. The van der Waals surface area contributed by atoms with Crippen LogP contribution in [0.4, 0.5) is 0 Å². The van der Waals surface area contributed by atoms with E-state index >= 15 is 0 Å². The average molecular weight is 203 g/mol. The van der Waals surface area contributed by atoms with Crippen molar-refractivity contribution in [1.29, 1.82) is 0 Å². The Labute approximate surface area is 67.4 Å². The number of fused-ring (bicyclic) bond motifs is 1. The Morgan fingerprint density at radius 3 is 3.00 bits per heavy atom. The molecule has 1 aliphatic heterocycles. The van der Waals surface area contributed by atoms with Crippen LogP contribution in [0.5, 0.6) is 0 Å². The SMILES string of the molecule is NC1=N[C@H]2CCCC[C@@H]2[Se]1. The molecule has 0 aromatic rings. The topological polar surface area (TPSA) is 38.4 Å². The second-order valence-corrected chi connectivity index (χ2v) is 5.62. The van der Waals surface area contributed by atoms with Gasteiger partial charge in [0, 0.05) is 0 Å². The van der Waals surface area contributed by atoms with Gasteiger partial charge in [-0.3, -0.25) is 0 Å². The van der Waals surface area contributed by atoms with E-state index in [1.165, 1.54) is 25.7 Å². The van der Waals surface area contributed by atoms with Crippen LogP contribution in [0, 0.1) is 0 Å². The quantitative estimate of drug-likeness (QED) is 0.579. The van der Waals surface area contributed by atoms with E-state index in [0.29, 0.717) is 21.0 Å². The normalized spacial score (nSPS) is 39.0. The molecule has 56 valence electrons. The Hall–Kier alpha value is -0.0105. The van der Waals surface area contributed by atoms with E-state index in [-0.39, 0.29) is 0 Å². The second-order valence-electron chi connectivity index (χ2n) is 2.98. The first-order valence-corrected chi connectivity index (χ1v) is 5.71. The molecule has 10 heavy (non-hydrogen) atoms. The first-order chi connectivity index (χ1) is 4.86. The number of hydrogen-bond donors (Lipinski definition) is 1. The molecule has 1 fully saturated rings. The van der Waals surface area contributed by atoms with Crippen molar-refractivity contribution < 1.29 is 0 Å². The summed E-state index contributed by atoms with van der Waals surface area (Å²) in [7, 11) is 0. The van der Waals surface area contributed by atoms with Crippen molar-refractivity contribution in [2.24, 2.45) is 10.7 Å². The van der Waals surface area contributed by atoms with Crippen LogP contribution in [0.3, 0.4) is 0 Å². The van der Waals surface area contributed by atoms with Gasteiger partial charge in [0.2, 0.25) is 0 Å². The molecule has 1 heterocycles. The van der Waals surface area contributed by atoms with Crippen LogP contribution in [-0.2, 0) is 0 Å². The fraction of sp³-hybridized carbons (Fsp3) is 0.857. The summed E-state index contributed by atoms with van der Waals surface area (Å²) in [5.74, 6) is 0. The van der Waals surface area contributed by atoms with Crippen molar-refractivity contribution in [2.45, 2.75) is 36.5 Å². The third-order valence-electron chi connectivity index (χ3n) is 2.23. The Morgan fingerprint density at radius 2 is 2.20 bits per heavy atom. The van der Waals surface area contributed by atoms with Gasteiger partial charge >= 0.3 is 67.0 Å². The summed E-state index contributed by atoms with van der Waals surface area (Å²) in [6, 6.07) is 0.633. The molecular weight excluding hydrogens is 191 g/mol. The summed E-state index contributed by atoms with van der Waals surface area (Å²) in [6.07, 6.45) is 5.46. The second kappa shape index (κ2) is 2.55. The molecule has 2 rings (SSSR count). The summed E-state index contributed by atoms with van der Waals surface area (Å²) < 4.78 is 0.962. The van der Waals surface area contributed by atoms with E-state index in [2.05, 4.69) is 4.99 Å². The van der Waals surface area contributed by atoms with Gasteiger partial charge in [0.1, 0.15) is 0 Å². The Morgan fingerprint density at radius 1 is 1.40 bits per heavy atom. The molecule has 0 spiro atoms. The zero-order valence-corrected chi connectivity index (χ0v) is 7.63. The molecule has 2 aliphatic rings. The van der Waals surface area contributed by atoms with E-state index in [1.807, 2.05) is 0 Å². The van der Waals surface area contributed by atoms with Gasteiger partial charge in [-0.1, -0.05) is 0 Å². The van der Waals surface area contributed by atoms with E-state index < -0.39 is 0 Å². The first-order valence-electron chi connectivity index (χ1n) is 3.86. The minimum absolute atomic E-state index is 0.547. The molecule has 2 atom stereocenters. The number of rotatable bonds is 0. The first kappa shape index (κ1) is 6.68. The monoisotopic (exact) mass is 204 g/mol. The molecule has 0 aromatic carbocycles. The Balaban J connectivity index is 2.06. The number of nitrogens with two attached hydrogens (primary N) is 1.